The van der Waals surface area contributed by atoms with Crippen LogP contribution in [0.1, 0.15) is 61.9 Å². The number of benzene rings is 2. The predicted octanol–water partition coefficient (Wildman–Crippen LogP) is 4.57. The van der Waals surface area contributed by atoms with Crippen molar-refractivity contribution in [3.63, 3.8) is 0 Å². The van der Waals surface area contributed by atoms with Gasteiger partial charge in [-0.2, -0.15) is 10.1 Å². The Morgan fingerprint density at radius 3 is 2.45 bits per heavy atom. The Morgan fingerprint density at radius 2 is 1.77 bits per heavy atom. The quantitative estimate of drug-likeness (QED) is 0.306. The molecule has 10 nitrogen and oxygen atoms in total. The van der Waals surface area contributed by atoms with Gasteiger partial charge in [0.25, 0.3) is 5.56 Å². The third-order valence-corrected chi connectivity index (χ3v) is 7.92. The van der Waals surface area contributed by atoms with Gasteiger partial charge in [-0.05, 0) is 48.8 Å². The number of rotatable bonds is 8. The molecule has 0 spiro atoms. The summed E-state index contributed by atoms with van der Waals surface area (Å²) in [4.78, 5) is 32.8. The standard InChI is InChI=1S/C30H32N6O4/c1-3-6-26-25(28(37)35(29-31-18-32-36(26)29)21-13-15-22(39-2)16-14-21)17-19-9-11-20(12-10-19)23-7-4-5-8-24(23)27-33-30(38)40-34-27/h4-5,7-12,18,21-22H,3,6,13-17H2,1-2H3,(H,33,34,38). The van der Waals surface area contributed by atoms with Crippen LogP contribution in [0.2, 0.25) is 0 Å². The van der Waals surface area contributed by atoms with Gasteiger partial charge in [-0.3, -0.25) is 18.9 Å². The number of H-pyrrole nitrogens is 1. The SMILES string of the molecule is CCCc1c(Cc2ccc(-c3ccccc3-c3noc(=O)[nH]3)cc2)c(=O)n(C2CCC(OC)CC2)c2ncnn12. The summed E-state index contributed by atoms with van der Waals surface area (Å²) in [6, 6.07) is 15.9. The van der Waals surface area contributed by atoms with Crippen LogP contribution >= 0.6 is 0 Å². The van der Waals surface area contributed by atoms with Crippen molar-refractivity contribution in [3.8, 4) is 22.5 Å². The van der Waals surface area contributed by atoms with E-state index in [0.29, 0.717) is 18.0 Å². The molecule has 0 unspecified atom stereocenters. The zero-order valence-electron chi connectivity index (χ0n) is 22.7. The van der Waals surface area contributed by atoms with Crippen LogP contribution in [0.4, 0.5) is 0 Å². The Hall–Kier alpha value is -4.31. The molecule has 0 bridgehead atoms. The molecule has 6 rings (SSSR count). The van der Waals surface area contributed by atoms with Crippen molar-refractivity contribution in [1.29, 1.82) is 0 Å². The van der Waals surface area contributed by atoms with E-state index in [0.717, 1.165) is 72.0 Å². The van der Waals surface area contributed by atoms with E-state index in [4.69, 9.17) is 9.26 Å². The Balaban J connectivity index is 1.37. The molecule has 0 atom stereocenters. The average Bonchev–Trinajstić information content (AvgIpc) is 3.65. The second kappa shape index (κ2) is 11.1. The first kappa shape index (κ1) is 25.9. The maximum absolute atomic E-state index is 14.1. The van der Waals surface area contributed by atoms with E-state index in [-0.39, 0.29) is 17.7 Å². The highest BCUT2D eigenvalue weighted by Crippen LogP contribution is 2.32. The van der Waals surface area contributed by atoms with Gasteiger partial charge in [-0.25, -0.2) is 9.31 Å². The summed E-state index contributed by atoms with van der Waals surface area (Å²) in [5.74, 6) is 0.413. The van der Waals surface area contributed by atoms with E-state index in [9.17, 15) is 9.59 Å². The fourth-order valence-electron chi connectivity index (χ4n) is 5.91. The minimum absolute atomic E-state index is 0.0224. The van der Waals surface area contributed by atoms with Crippen molar-refractivity contribution in [1.82, 2.24) is 29.3 Å². The molecule has 1 aliphatic rings. The van der Waals surface area contributed by atoms with Crippen LogP contribution in [0.3, 0.4) is 0 Å². The van der Waals surface area contributed by atoms with Crippen LogP contribution < -0.4 is 11.3 Å². The molecule has 0 amide bonds. The highest BCUT2D eigenvalue weighted by molar-refractivity contribution is 5.80. The number of nitrogens with zero attached hydrogens (tertiary/aromatic N) is 5. The first-order chi connectivity index (χ1) is 19.6. The second-order valence-electron chi connectivity index (χ2n) is 10.4. The fourth-order valence-corrected chi connectivity index (χ4v) is 5.91. The number of aromatic nitrogens is 6. The molecule has 5 aromatic rings. The van der Waals surface area contributed by atoms with Gasteiger partial charge in [0.2, 0.25) is 5.78 Å². The van der Waals surface area contributed by atoms with Gasteiger partial charge in [0.15, 0.2) is 5.82 Å². The number of aromatic amines is 1. The summed E-state index contributed by atoms with van der Waals surface area (Å²) in [5.41, 5.74) is 5.40. The van der Waals surface area contributed by atoms with Crippen molar-refractivity contribution in [2.24, 2.45) is 0 Å². The van der Waals surface area contributed by atoms with E-state index >= 15 is 0 Å². The van der Waals surface area contributed by atoms with E-state index in [2.05, 4.69) is 27.1 Å². The molecule has 206 valence electrons. The molecule has 0 saturated heterocycles. The number of ether oxygens (including phenoxy) is 1. The molecular weight excluding hydrogens is 508 g/mol. The minimum atomic E-state index is -0.593. The number of nitrogens with one attached hydrogen (secondary N) is 1. The van der Waals surface area contributed by atoms with Crippen molar-refractivity contribution >= 4 is 5.78 Å². The molecule has 10 heteroatoms. The fraction of sp³-hybridized carbons (Fsp3) is 0.367. The average molecular weight is 541 g/mol. The van der Waals surface area contributed by atoms with Gasteiger partial charge in [0.05, 0.1) is 11.8 Å². The molecule has 1 aliphatic carbocycles. The Kier molecular flexibility index (Phi) is 7.17. The maximum Gasteiger partial charge on any atom is 0.439 e. The van der Waals surface area contributed by atoms with Gasteiger partial charge in [-0.1, -0.05) is 67.0 Å². The molecule has 3 aromatic heterocycles. The van der Waals surface area contributed by atoms with Crippen LogP contribution in [0.5, 0.6) is 0 Å². The summed E-state index contributed by atoms with van der Waals surface area (Å²) in [5, 5.41) is 8.40. The second-order valence-corrected chi connectivity index (χ2v) is 10.4. The van der Waals surface area contributed by atoms with E-state index in [1.807, 2.05) is 57.6 Å². The number of fused-ring (bicyclic) bond motifs is 1. The molecule has 1 fully saturated rings. The van der Waals surface area contributed by atoms with Crippen molar-refractivity contribution in [3.05, 3.63) is 92.6 Å². The number of aryl methyl sites for hydroxylation is 1. The summed E-state index contributed by atoms with van der Waals surface area (Å²) < 4.78 is 14.0. The number of hydrogen-bond donors (Lipinski definition) is 1. The summed E-state index contributed by atoms with van der Waals surface area (Å²) in [6.45, 7) is 2.11. The lowest BCUT2D eigenvalue weighted by molar-refractivity contribution is 0.0583. The molecule has 40 heavy (non-hydrogen) atoms. The van der Waals surface area contributed by atoms with Crippen molar-refractivity contribution < 1.29 is 9.26 Å². The molecule has 0 aliphatic heterocycles. The minimum Gasteiger partial charge on any atom is -0.381 e. The van der Waals surface area contributed by atoms with Gasteiger partial charge in [0, 0.05) is 30.7 Å². The van der Waals surface area contributed by atoms with Crippen LogP contribution in [0, 0.1) is 0 Å². The van der Waals surface area contributed by atoms with E-state index < -0.39 is 5.76 Å². The summed E-state index contributed by atoms with van der Waals surface area (Å²) in [6.07, 6.45) is 7.51. The maximum atomic E-state index is 14.1. The Morgan fingerprint density at radius 1 is 1.02 bits per heavy atom. The van der Waals surface area contributed by atoms with Crippen molar-refractivity contribution in [2.75, 3.05) is 7.11 Å². The van der Waals surface area contributed by atoms with E-state index in [1.165, 1.54) is 0 Å². The first-order valence-electron chi connectivity index (χ1n) is 13.8. The number of methoxy groups -OCH3 is 1. The first-order valence-corrected chi connectivity index (χ1v) is 13.8. The van der Waals surface area contributed by atoms with Gasteiger partial charge >= 0.3 is 5.76 Å². The van der Waals surface area contributed by atoms with Crippen LogP contribution in [-0.2, 0) is 17.6 Å². The van der Waals surface area contributed by atoms with Gasteiger partial charge in [-0.15, -0.1) is 0 Å². The highest BCUT2D eigenvalue weighted by Gasteiger charge is 2.27. The smallest absolute Gasteiger partial charge is 0.381 e. The molecule has 2 aromatic carbocycles. The van der Waals surface area contributed by atoms with Crippen LogP contribution in [-0.4, -0.2) is 42.5 Å². The van der Waals surface area contributed by atoms with Crippen LogP contribution in [0.25, 0.3) is 28.3 Å². The lowest BCUT2D eigenvalue weighted by Gasteiger charge is -2.29. The predicted molar refractivity (Wildman–Crippen MR) is 150 cm³/mol. The van der Waals surface area contributed by atoms with Gasteiger partial charge < -0.3 is 4.74 Å². The van der Waals surface area contributed by atoms with Crippen molar-refractivity contribution in [2.45, 2.75) is 64.0 Å². The zero-order chi connectivity index (χ0) is 27.6. The monoisotopic (exact) mass is 540 g/mol. The Labute approximate surface area is 230 Å². The lowest BCUT2D eigenvalue weighted by Crippen LogP contribution is -2.35. The molecule has 1 N–H and O–H groups in total. The summed E-state index contributed by atoms with van der Waals surface area (Å²) >= 11 is 0. The lowest BCUT2D eigenvalue weighted by atomic mass is 9.92. The molecule has 3 heterocycles. The third-order valence-electron chi connectivity index (χ3n) is 7.92. The van der Waals surface area contributed by atoms with Gasteiger partial charge in [0.1, 0.15) is 6.33 Å². The summed E-state index contributed by atoms with van der Waals surface area (Å²) in [7, 11) is 1.75. The third kappa shape index (κ3) is 4.79. The van der Waals surface area contributed by atoms with Crippen LogP contribution in [0.15, 0.2) is 69.0 Å². The Bertz CT molecular complexity index is 1740. The molecule has 1 saturated carbocycles. The number of hydrogen-bond acceptors (Lipinski definition) is 7. The highest BCUT2D eigenvalue weighted by atomic mass is 16.5. The molecule has 0 radical (unpaired) electrons. The normalized spacial score (nSPS) is 17.4. The molecular formula is C30H32N6O4. The topological polar surface area (TPSA) is 120 Å². The largest absolute Gasteiger partial charge is 0.439 e. The van der Waals surface area contributed by atoms with E-state index in [1.54, 1.807) is 13.4 Å². The zero-order valence-corrected chi connectivity index (χ0v) is 22.7.